The van der Waals surface area contributed by atoms with Crippen LogP contribution in [0.5, 0.6) is 0 Å². The molecule has 2 saturated heterocycles. The van der Waals surface area contributed by atoms with Crippen molar-refractivity contribution in [1.82, 2.24) is 0 Å². The highest BCUT2D eigenvalue weighted by molar-refractivity contribution is 7.81. The Morgan fingerprint density at radius 2 is 1.82 bits per heavy atom. The van der Waals surface area contributed by atoms with Gasteiger partial charge in [0.15, 0.2) is 6.29 Å². The van der Waals surface area contributed by atoms with Crippen molar-refractivity contribution in [2.75, 3.05) is 13.2 Å². The average Bonchev–Trinajstić information content (AvgIpc) is 2.39. The SMILES string of the molecule is SC1COC2COC(c3ccccc3)OC2C1. The lowest BCUT2D eigenvalue weighted by molar-refractivity contribution is -0.276. The molecule has 4 atom stereocenters. The van der Waals surface area contributed by atoms with E-state index in [1.54, 1.807) is 0 Å². The minimum atomic E-state index is -0.264. The minimum absolute atomic E-state index is 0.0679. The monoisotopic (exact) mass is 252 g/mol. The van der Waals surface area contributed by atoms with Crippen molar-refractivity contribution in [3.8, 4) is 0 Å². The largest absolute Gasteiger partial charge is 0.372 e. The molecule has 3 rings (SSSR count). The van der Waals surface area contributed by atoms with Crippen LogP contribution in [0.2, 0.25) is 0 Å². The van der Waals surface area contributed by atoms with Gasteiger partial charge in [-0.1, -0.05) is 30.3 Å². The molecule has 4 unspecified atom stereocenters. The van der Waals surface area contributed by atoms with E-state index in [9.17, 15) is 0 Å². The Kier molecular flexibility index (Phi) is 3.38. The molecule has 0 aliphatic carbocycles. The van der Waals surface area contributed by atoms with Crippen molar-refractivity contribution in [2.45, 2.75) is 30.2 Å². The van der Waals surface area contributed by atoms with E-state index < -0.39 is 0 Å². The summed E-state index contributed by atoms with van der Waals surface area (Å²) in [6, 6.07) is 10.0. The molecule has 2 aliphatic heterocycles. The fraction of sp³-hybridized carbons (Fsp3) is 0.538. The molecule has 3 nitrogen and oxygen atoms in total. The second-order valence-corrected chi connectivity index (χ2v) is 5.24. The van der Waals surface area contributed by atoms with Gasteiger partial charge in [0.2, 0.25) is 0 Å². The molecular weight excluding hydrogens is 236 g/mol. The van der Waals surface area contributed by atoms with Crippen LogP contribution in [-0.4, -0.2) is 30.7 Å². The number of rotatable bonds is 1. The molecule has 2 fully saturated rings. The van der Waals surface area contributed by atoms with Crippen LogP contribution in [0, 0.1) is 0 Å². The number of hydrogen-bond donors (Lipinski definition) is 1. The van der Waals surface area contributed by atoms with E-state index in [1.165, 1.54) is 0 Å². The van der Waals surface area contributed by atoms with Gasteiger partial charge < -0.3 is 14.2 Å². The molecule has 4 heteroatoms. The fourth-order valence-corrected chi connectivity index (χ4v) is 2.59. The Bertz CT molecular complexity index is 370. The number of fused-ring (bicyclic) bond motifs is 1. The van der Waals surface area contributed by atoms with E-state index in [-0.39, 0.29) is 23.7 Å². The Morgan fingerprint density at radius 3 is 2.65 bits per heavy atom. The van der Waals surface area contributed by atoms with E-state index in [1.807, 2.05) is 30.3 Å². The van der Waals surface area contributed by atoms with Gasteiger partial charge in [0.1, 0.15) is 6.10 Å². The molecule has 1 aromatic carbocycles. The van der Waals surface area contributed by atoms with Crippen LogP contribution >= 0.6 is 12.6 Å². The van der Waals surface area contributed by atoms with Gasteiger partial charge in [0.25, 0.3) is 0 Å². The molecule has 0 spiro atoms. The first kappa shape index (κ1) is 11.5. The lowest BCUT2D eigenvalue weighted by Gasteiger charge is -2.40. The summed E-state index contributed by atoms with van der Waals surface area (Å²) in [5.74, 6) is 0. The second-order valence-electron chi connectivity index (χ2n) is 4.51. The van der Waals surface area contributed by atoms with Crippen molar-refractivity contribution in [1.29, 1.82) is 0 Å². The van der Waals surface area contributed by atoms with Crippen molar-refractivity contribution in [2.24, 2.45) is 0 Å². The van der Waals surface area contributed by atoms with Crippen molar-refractivity contribution < 1.29 is 14.2 Å². The molecule has 17 heavy (non-hydrogen) atoms. The molecule has 0 aromatic heterocycles. The maximum Gasteiger partial charge on any atom is 0.184 e. The van der Waals surface area contributed by atoms with Crippen LogP contribution in [0.4, 0.5) is 0 Å². The van der Waals surface area contributed by atoms with Crippen LogP contribution in [0.3, 0.4) is 0 Å². The molecule has 0 bridgehead atoms. The van der Waals surface area contributed by atoms with Crippen molar-refractivity contribution in [3.63, 3.8) is 0 Å². The highest BCUT2D eigenvalue weighted by Gasteiger charge is 2.37. The molecule has 0 saturated carbocycles. The first-order valence-electron chi connectivity index (χ1n) is 5.94. The summed E-state index contributed by atoms with van der Waals surface area (Å²) in [5.41, 5.74) is 1.06. The zero-order valence-electron chi connectivity index (χ0n) is 9.49. The zero-order chi connectivity index (χ0) is 11.7. The molecule has 0 radical (unpaired) electrons. The molecule has 0 amide bonds. The topological polar surface area (TPSA) is 27.7 Å². The van der Waals surface area contributed by atoms with Gasteiger partial charge >= 0.3 is 0 Å². The van der Waals surface area contributed by atoms with Gasteiger partial charge in [-0.15, -0.1) is 0 Å². The molecule has 1 aromatic rings. The van der Waals surface area contributed by atoms with Gasteiger partial charge in [-0.25, -0.2) is 0 Å². The summed E-state index contributed by atoms with van der Waals surface area (Å²) in [6.45, 7) is 1.29. The Morgan fingerprint density at radius 1 is 1.00 bits per heavy atom. The molecular formula is C13H16O3S. The third-order valence-corrected chi connectivity index (χ3v) is 3.56. The van der Waals surface area contributed by atoms with Crippen molar-refractivity contribution in [3.05, 3.63) is 35.9 Å². The van der Waals surface area contributed by atoms with E-state index in [4.69, 9.17) is 14.2 Å². The van der Waals surface area contributed by atoms with Crippen LogP contribution in [0.15, 0.2) is 30.3 Å². The van der Waals surface area contributed by atoms with Crippen molar-refractivity contribution >= 4 is 12.6 Å². The van der Waals surface area contributed by atoms with Crippen LogP contribution in [0.1, 0.15) is 18.3 Å². The summed E-state index contributed by atoms with van der Waals surface area (Å²) >= 11 is 4.45. The predicted molar refractivity (Wildman–Crippen MR) is 67.1 cm³/mol. The van der Waals surface area contributed by atoms with Gasteiger partial charge in [-0.05, 0) is 6.42 Å². The maximum atomic E-state index is 5.95. The molecule has 0 N–H and O–H groups in total. The lowest BCUT2D eigenvalue weighted by atomic mass is 10.0. The Balaban J connectivity index is 1.70. The molecule has 2 aliphatic rings. The molecule has 92 valence electrons. The van der Waals surface area contributed by atoms with Crippen LogP contribution < -0.4 is 0 Å². The summed E-state index contributed by atoms with van der Waals surface area (Å²) in [6.07, 6.45) is 0.837. The summed E-state index contributed by atoms with van der Waals surface area (Å²) in [7, 11) is 0. The number of ether oxygens (including phenoxy) is 3. The summed E-state index contributed by atoms with van der Waals surface area (Å²) < 4.78 is 17.3. The van der Waals surface area contributed by atoms with E-state index in [0.29, 0.717) is 13.2 Å². The zero-order valence-corrected chi connectivity index (χ0v) is 10.4. The molecule has 2 heterocycles. The van der Waals surface area contributed by atoms with Gasteiger partial charge in [0, 0.05) is 10.8 Å². The Hall–Kier alpha value is -0.550. The predicted octanol–water partition coefficient (Wildman–Crippen LogP) is 2.19. The number of benzene rings is 1. The van der Waals surface area contributed by atoms with Crippen LogP contribution in [0.25, 0.3) is 0 Å². The maximum absolute atomic E-state index is 5.95. The fourth-order valence-electron chi connectivity index (χ4n) is 2.29. The minimum Gasteiger partial charge on any atom is -0.372 e. The third kappa shape index (κ3) is 2.50. The standard InChI is InChI=1S/C13H16O3S/c17-10-6-11-12(14-7-10)8-15-13(16-11)9-4-2-1-3-5-9/h1-5,10-13,17H,6-8H2. The summed E-state index contributed by atoms with van der Waals surface area (Å²) in [5, 5.41) is 0.269. The highest BCUT2D eigenvalue weighted by atomic mass is 32.1. The first-order valence-corrected chi connectivity index (χ1v) is 6.46. The van der Waals surface area contributed by atoms with Gasteiger partial charge in [-0.3, -0.25) is 0 Å². The normalized spacial score (nSPS) is 37.5. The van der Waals surface area contributed by atoms with Gasteiger partial charge in [0.05, 0.1) is 19.3 Å². The quantitative estimate of drug-likeness (QED) is 0.776. The first-order chi connectivity index (χ1) is 8.33. The smallest absolute Gasteiger partial charge is 0.184 e. The third-order valence-electron chi connectivity index (χ3n) is 3.20. The lowest BCUT2D eigenvalue weighted by Crippen LogP contribution is -2.48. The highest BCUT2D eigenvalue weighted by Crippen LogP contribution is 2.32. The number of thiol groups is 1. The van der Waals surface area contributed by atoms with Gasteiger partial charge in [-0.2, -0.15) is 12.6 Å². The van der Waals surface area contributed by atoms with E-state index in [0.717, 1.165) is 12.0 Å². The average molecular weight is 252 g/mol. The second kappa shape index (κ2) is 4.98. The van der Waals surface area contributed by atoms with E-state index >= 15 is 0 Å². The van der Waals surface area contributed by atoms with Crippen LogP contribution in [-0.2, 0) is 14.2 Å². The van der Waals surface area contributed by atoms with E-state index in [2.05, 4.69) is 12.6 Å². The number of hydrogen-bond acceptors (Lipinski definition) is 4. The summed E-state index contributed by atoms with van der Waals surface area (Å²) in [4.78, 5) is 0. The Labute approximate surface area is 106 Å².